The van der Waals surface area contributed by atoms with Crippen LogP contribution in [-0.2, 0) is 9.53 Å². The molecule has 2 fully saturated rings. The average molecular weight is 406 g/mol. The molecular formula is C23H31FO5. The molecular weight excluding hydrogens is 375 g/mol. The molecule has 6 heteroatoms. The Labute approximate surface area is 171 Å². The summed E-state index contributed by atoms with van der Waals surface area (Å²) in [6, 6.07) is 6.36. The molecule has 1 aliphatic heterocycles. The van der Waals surface area contributed by atoms with Crippen molar-refractivity contribution in [3.8, 4) is 5.75 Å². The minimum atomic E-state index is -0.747. The quantitative estimate of drug-likeness (QED) is 0.475. The van der Waals surface area contributed by atoms with Crippen molar-refractivity contribution in [3.63, 3.8) is 0 Å². The van der Waals surface area contributed by atoms with Gasteiger partial charge in [-0.2, -0.15) is 0 Å². The maximum absolute atomic E-state index is 13.5. The number of hydrogen-bond donors (Lipinski definition) is 2. The molecule has 0 unspecified atom stereocenters. The van der Waals surface area contributed by atoms with Crippen LogP contribution in [0.5, 0.6) is 5.75 Å². The molecule has 5 nitrogen and oxygen atoms in total. The van der Waals surface area contributed by atoms with Crippen molar-refractivity contribution in [1.29, 1.82) is 0 Å². The van der Waals surface area contributed by atoms with Crippen LogP contribution in [0.2, 0.25) is 0 Å². The lowest BCUT2D eigenvalue weighted by Gasteiger charge is -2.20. The van der Waals surface area contributed by atoms with Crippen molar-refractivity contribution < 1.29 is 28.9 Å². The van der Waals surface area contributed by atoms with Gasteiger partial charge in [-0.15, -0.1) is 0 Å². The number of para-hydroxylation sites is 1. The first-order valence-electron chi connectivity index (χ1n) is 10.6. The number of rotatable bonds is 9. The molecule has 1 aromatic carbocycles. The maximum Gasteiger partial charge on any atom is 0.303 e. The third-order valence-electron chi connectivity index (χ3n) is 6.08. The molecule has 2 aliphatic rings. The minimum absolute atomic E-state index is 0.0613. The van der Waals surface area contributed by atoms with E-state index < -0.39 is 12.1 Å². The molecule has 1 saturated carbocycles. The standard InChI is InChI=1S/C23H31FO5/c24-19-8-1-2-9-21(19)28-13-4-3-7-17-18-12-11-16(6-5-10-23(26)27)15-29-22(18)14-20(17)25/h1-3,7-9,16-18,20,22,25H,4-6,10-15H2,(H,26,27)/b7-3+/t16-,17+,18+,20+,22-/m0/s1. The third kappa shape index (κ3) is 6.28. The number of carboxylic acid groups (broad SMARTS) is 1. The highest BCUT2D eigenvalue weighted by atomic mass is 19.1. The van der Waals surface area contributed by atoms with E-state index in [1.165, 1.54) is 6.07 Å². The summed E-state index contributed by atoms with van der Waals surface area (Å²) in [6.45, 7) is 1.04. The van der Waals surface area contributed by atoms with E-state index in [0.717, 1.165) is 19.3 Å². The Balaban J connectivity index is 1.45. The van der Waals surface area contributed by atoms with Crippen LogP contribution in [-0.4, -0.2) is 41.6 Å². The van der Waals surface area contributed by atoms with Crippen molar-refractivity contribution in [2.24, 2.45) is 17.8 Å². The van der Waals surface area contributed by atoms with Crippen LogP contribution in [0.15, 0.2) is 36.4 Å². The first kappa shape index (κ1) is 21.8. The average Bonchev–Trinajstić information content (AvgIpc) is 2.85. The predicted octanol–water partition coefficient (Wildman–Crippen LogP) is 4.20. The van der Waals surface area contributed by atoms with Gasteiger partial charge in [-0.1, -0.05) is 24.3 Å². The molecule has 3 rings (SSSR count). The van der Waals surface area contributed by atoms with Gasteiger partial charge >= 0.3 is 5.97 Å². The summed E-state index contributed by atoms with van der Waals surface area (Å²) in [6.07, 6.45) is 8.80. The van der Waals surface area contributed by atoms with Crippen LogP contribution in [0.3, 0.4) is 0 Å². The number of halogens is 1. The number of hydrogen-bond acceptors (Lipinski definition) is 4. The van der Waals surface area contributed by atoms with Gasteiger partial charge in [0.2, 0.25) is 0 Å². The molecule has 0 amide bonds. The van der Waals surface area contributed by atoms with Gasteiger partial charge in [-0.05, 0) is 56.1 Å². The van der Waals surface area contributed by atoms with E-state index in [-0.39, 0.29) is 30.0 Å². The van der Waals surface area contributed by atoms with Crippen molar-refractivity contribution >= 4 is 5.97 Å². The number of carbonyl (C=O) groups is 1. The molecule has 0 spiro atoms. The monoisotopic (exact) mass is 406 g/mol. The maximum atomic E-state index is 13.5. The SMILES string of the molecule is O=C(O)CCC[C@H]1CC[C@@H]2[C@@H](/C=C/CCOc3ccccc3F)[C@H](O)C[C@@H]2OC1. The Bertz CT molecular complexity index is 692. The summed E-state index contributed by atoms with van der Waals surface area (Å²) in [5.74, 6) is -0.101. The fraction of sp³-hybridized carbons (Fsp3) is 0.609. The summed E-state index contributed by atoms with van der Waals surface area (Å²) >= 11 is 0. The summed E-state index contributed by atoms with van der Waals surface area (Å²) in [4.78, 5) is 10.7. The molecule has 29 heavy (non-hydrogen) atoms. The highest BCUT2D eigenvalue weighted by Crippen LogP contribution is 2.42. The molecule has 5 atom stereocenters. The zero-order valence-electron chi connectivity index (χ0n) is 16.7. The smallest absolute Gasteiger partial charge is 0.303 e. The van der Waals surface area contributed by atoms with Gasteiger partial charge in [-0.3, -0.25) is 4.79 Å². The predicted molar refractivity (Wildman–Crippen MR) is 107 cm³/mol. The third-order valence-corrected chi connectivity index (χ3v) is 6.08. The Morgan fingerprint density at radius 3 is 2.93 bits per heavy atom. The molecule has 0 bridgehead atoms. The number of aliphatic carboxylic acids is 1. The first-order chi connectivity index (χ1) is 14.0. The normalized spacial score (nSPS) is 29.5. The van der Waals surface area contributed by atoms with Gasteiger partial charge in [0.15, 0.2) is 11.6 Å². The first-order valence-corrected chi connectivity index (χ1v) is 10.6. The summed E-state index contributed by atoms with van der Waals surface area (Å²) in [7, 11) is 0. The van der Waals surface area contributed by atoms with Crippen molar-refractivity contribution in [3.05, 3.63) is 42.2 Å². The number of aliphatic hydroxyl groups is 1. The van der Waals surface area contributed by atoms with Crippen LogP contribution >= 0.6 is 0 Å². The minimum Gasteiger partial charge on any atom is -0.490 e. The second-order valence-electron chi connectivity index (χ2n) is 8.14. The topological polar surface area (TPSA) is 76.0 Å². The Morgan fingerprint density at radius 1 is 1.31 bits per heavy atom. The zero-order valence-corrected chi connectivity index (χ0v) is 16.7. The molecule has 0 aromatic heterocycles. The van der Waals surface area contributed by atoms with Crippen molar-refractivity contribution in [2.45, 2.75) is 57.2 Å². The van der Waals surface area contributed by atoms with E-state index in [4.69, 9.17) is 14.6 Å². The second-order valence-corrected chi connectivity index (χ2v) is 8.14. The van der Waals surface area contributed by atoms with E-state index in [1.54, 1.807) is 18.2 Å². The molecule has 160 valence electrons. The fourth-order valence-electron chi connectivity index (χ4n) is 4.54. The lowest BCUT2D eigenvalue weighted by molar-refractivity contribution is -0.137. The van der Waals surface area contributed by atoms with E-state index in [0.29, 0.717) is 44.3 Å². The van der Waals surface area contributed by atoms with Gasteiger partial charge in [0.05, 0.1) is 18.8 Å². The summed E-state index contributed by atoms with van der Waals surface area (Å²) < 4.78 is 25.1. The van der Waals surface area contributed by atoms with Crippen molar-refractivity contribution in [1.82, 2.24) is 0 Å². The van der Waals surface area contributed by atoms with Crippen LogP contribution in [0, 0.1) is 23.6 Å². The fourth-order valence-corrected chi connectivity index (χ4v) is 4.54. The number of benzene rings is 1. The number of fused-ring (bicyclic) bond motifs is 1. The Kier molecular flexibility index (Phi) is 8.07. The summed E-state index contributed by atoms with van der Waals surface area (Å²) in [5.41, 5.74) is 0. The Morgan fingerprint density at radius 2 is 2.14 bits per heavy atom. The molecule has 1 heterocycles. The Hall–Kier alpha value is -1.92. The molecule has 1 aromatic rings. The van der Waals surface area contributed by atoms with Crippen LogP contribution in [0.1, 0.15) is 44.9 Å². The number of aliphatic hydroxyl groups excluding tert-OH is 1. The molecule has 1 saturated heterocycles. The van der Waals surface area contributed by atoms with Gasteiger partial charge in [-0.25, -0.2) is 4.39 Å². The van der Waals surface area contributed by atoms with Gasteiger partial charge in [0.25, 0.3) is 0 Å². The highest BCUT2D eigenvalue weighted by Gasteiger charge is 2.43. The van der Waals surface area contributed by atoms with Gasteiger partial charge < -0.3 is 19.7 Å². The van der Waals surface area contributed by atoms with E-state index in [2.05, 4.69) is 6.08 Å². The molecule has 2 N–H and O–H groups in total. The van der Waals surface area contributed by atoms with E-state index >= 15 is 0 Å². The molecule has 0 radical (unpaired) electrons. The van der Waals surface area contributed by atoms with Crippen LogP contribution in [0.25, 0.3) is 0 Å². The van der Waals surface area contributed by atoms with Crippen LogP contribution in [0.4, 0.5) is 4.39 Å². The molecule has 1 aliphatic carbocycles. The van der Waals surface area contributed by atoms with E-state index in [9.17, 15) is 14.3 Å². The lowest BCUT2D eigenvalue weighted by Crippen LogP contribution is -2.21. The van der Waals surface area contributed by atoms with Crippen LogP contribution < -0.4 is 4.74 Å². The zero-order chi connectivity index (χ0) is 20.6. The highest BCUT2D eigenvalue weighted by molar-refractivity contribution is 5.66. The largest absolute Gasteiger partial charge is 0.490 e. The lowest BCUT2D eigenvalue weighted by atomic mass is 9.86. The second kappa shape index (κ2) is 10.7. The summed E-state index contributed by atoms with van der Waals surface area (Å²) in [5, 5.41) is 19.3. The number of ether oxygens (including phenoxy) is 2. The number of carboxylic acids is 1. The van der Waals surface area contributed by atoms with E-state index in [1.807, 2.05) is 6.08 Å². The van der Waals surface area contributed by atoms with Gasteiger partial charge in [0.1, 0.15) is 0 Å². The van der Waals surface area contributed by atoms with Gasteiger partial charge in [0, 0.05) is 25.4 Å². The van der Waals surface area contributed by atoms with Crippen molar-refractivity contribution in [2.75, 3.05) is 13.2 Å².